The van der Waals surface area contributed by atoms with Gasteiger partial charge in [-0.25, -0.2) is 0 Å². The van der Waals surface area contributed by atoms with E-state index in [1.807, 2.05) is 0 Å². The van der Waals surface area contributed by atoms with Crippen molar-refractivity contribution in [2.45, 2.75) is 38.5 Å². The van der Waals surface area contributed by atoms with Gasteiger partial charge in [-0.1, -0.05) is 173 Å². The topological polar surface area (TPSA) is 3.24 Å². The summed E-state index contributed by atoms with van der Waals surface area (Å²) in [6, 6.07) is 69.5. The summed E-state index contributed by atoms with van der Waals surface area (Å²) in [6.45, 7) is 9.51. The Hall–Kier alpha value is -6.44. The molecule has 8 aromatic carbocycles. The van der Waals surface area contributed by atoms with Gasteiger partial charge in [0, 0.05) is 27.9 Å². The lowest BCUT2D eigenvalue weighted by atomic mass is 9.81. The summed E-state index contributed by atoms with van der Waals surface area (Å²) in [7, 11) is 0. The van der Waals surface area contributed by atoms with Crippen LogP contribution in [0.1, 0.15) is 49.9 Å². The van der Waals surface area contributed by atoms with Gasteiger partial charge in [0.2, 0.25) is 0 Å². The summed E-state index contributed by atoms with van der Waals surface area (Å²) in [6.07, 6.45) is 0. The summed E-state index contributed by atoms with van der Waals surface area (Å²) in [5.41, 5.74) is 21.4. The molecule has 0 heterocycles. The first-order valence-corrected chi connectivity index (χ1v) is 19.4. The van der Waals surface area contributed by atoms with Crippen molar-refractivity contribution in [2.24, 2.45) is 0 Å². The van der Waals surface area contributed by atoms with Crippen LogP contribution in [0.15, 0.2) is 188 Å². The molecule has 2 aliphatic carbocycles. The molecule has 1 heteroatoms. The quantitative estimate of drug-likeness (QED) is 0.166. The van der Waals surface area contributed by atoms with E-state index in [0.717, 1.165) is 17.1 Å². The van der Waals surface area contributed by atoms with Gasteiger partial charge >= 0.3 is 0 Å². The van der Waals surface area contributed by atoms with Crippen molar-refractivity contribution in [1.82, 2.24) is 0 Å². The van der Waals surface area contributed by atoms with Crippen molar-refractivity contribution in [2.75, 3.05) is 4.90 Å². The molecule has 0 N–H and O–H groups in total. The molecule has 0 bridgehead atoms. The standard InChI is InChI=1S/C54H43N/c1-53(2)48-31-28-42(34-47(48)52-44(24-15-25-49(52)53)38-20-12-7-13-21-38)55(41-23-14-22-39(32-41)36-16-8-5-9-17-36)43-27-30-46-45-29-26-40(37-18-10-6-11-19-37)33-50(45)54(3,4)51(46)35-43/h5-35H,1-4H3. The smallest absolute Gasteiger partial charge is 0.0468 e. The van der Waals surface area contributed by atoms with Gasteiger partial charge in [0.25, 0.3) is 0 Å². The van der Waals surface area contributed by atoms with Crippen LogP contribution in [0.3, 0.4) is 0 Å². The minimum Gasteiger partial charge on any atom is -0.310 e. The summed E-state index contributed by atoms with van der Waals surface area (Å²) >= 11 is 0. The lowest BCUT2D eigenvalue weighted by Gasteiger charge is -2.29. The molecule has 0 aromatic heterocycles. The predicted octanol–water partition coefficient (Wildman–Crippen LogP) is 14.8. The van der Waals surface area contributed by atoms with Crippen LogP contribution in [0.4, 0.5) is 17.1 Å². The molecule has 0 spiro atoms. The molecule has 1 nitrogen and oxygen atoms in total. The van der Waals surface area contributed by atoms with Crippen LogP contribution in [-0.2, 0) is 10.8 Å². The Kier molecular flexibility index (Phi) is 7.58. The highest BCUT2D eigenvalue weighted by Crippen LogP contribution is 2.55. The highest BCUT2D eigenvalue weighted by molar-refractivity contribution is 5.95. The summed E-state index contributed by atoms with van der Waals surface area (Å²) in [4.78, 5) is 2.47. The lowest BCUT2D eigenvalue weighted by molar-refractivity contribution is 0.660. The van der Waals surface area contributed by atoms with E-state index in [4.69, 9.17) is 0 Å². The first kappa shape index (κ1) is 33.2. The maximum atomic E-state index is 2.47. The first-order chi connectivity index (χ1) is 26.8. The minimum absolute atomic E-state index is 0.117. The third-order valence-corrected chi connectivity index (χ3v) is 12.3. The normalized spacial score (nSPS) is 14.1. The lowest BCUT2D eigenvalue weighted by Crippen LogP contribution is -2.17. The number of benzene rings is 8. The maximum Gasteiger partial charge on any atom is 0.0468 e. The van der Waals surface area contributed by atoms with Crippen LogP contribution in [0.25, 0.3) is 55.6 Å². The average Bonchev–Trinajstić information content (AvgIpc) is 3.60. The molecule has 0 atom stereocenters. The highest BCUT2D eigenvalue weighted by atomic mass is 15.1. The van der Waals surface area contributed by atoms with E-state index >= 15 is 0 Å². The van der Waals surface area contributed by atoms with Crippen molar-refractivity contribution in [3.05, 3.63) is 210 Å². The highest BCUT2D eigenvalue weighted by Gasteiger charge is 2.39. The zero-order valence-corrected chi connectivity index (χ0v) is 31.8. The number of hydrogen-bond donors (Lipinski definition) is 0. The number of rotatable bonds is 6. The van der Waals surface area contributed by atoms with E-state index in [9.17, 15) is 0 Å². The van der Waals surface area contributed by atoms with Gasteiger partial charge in [0.1, 0.15) is 0 Å². The van der Waals surface area contributed by atoms with E-state index in [-0.39, 0.29) is 10.8 Å². The summed E-state index contributed by atoms with van der Waals surface area (Å²) in [5.74, 6) is 0. The van der Waals surface area contributed by atoms with Crippen molar-refractivity contribution in [1.29, 1.82) is 0 Å². The second-order valence-electron chi connectivity index (χ2n) is 16.2. The average molecular weight is 706 g/mol. The Bertz CT molecular complexity index is 2740. The Labute approximate surface area is 325 Å². The van der Waals surface area contributed by atoms with Gasteiger partial charge in [0.15, 0.2) is 0 Å². The maximum absolute atomic E-state index is 2.47. The SMILES string of the molecule is CC1(C)c2cc(-c3ccccc3)ccc2-c2ccc(N(c3cccc(-c4ccccc4)c3)c3ccc4c(c3)-c3c(-c5ccccc5)cccc3C4(C)C)cc21. The molecule has 0 radical (unpaired) electrons. The molecule has 0 amide bonds. The Morgan fingerprint density at radius 3 is 1.49 bits per heavy atom. The second-order valence-corrected chi connectivity index (χ2v) is 16.2. The van der Waals surface area contributed by atoms with Gasteiger partial charge in [0.05, 0.1) is 0 Å². The number of hydrogen-bond acceptors (Lipinski definition) is 1. The largest absolute Gasteiger partial charge is 0.310 e. The van der Waals surface area contributed by atoms with Crippen LogP contribution in [0.5, 0.6) is 0 Å². The van der Waals surface area contributed by atoms with Gasteiger partial charge in [-0.2, -0.15) is 0 Å². The van der Waals surface area contributed by atoms with Crippen LogP contribution in [-0.4, -0.2) is 0 Å². The van der Waals surface area contributed by atoms with Gasteiger partial charge < -0.3 is 4.90 Å². The minimum atomic E-state index is -0.172. The molecule has 10 rings (SSSR count). The second kappa shape index (κ2) is 12.6. The molecule has 0 fully saturated rings. The van der Waals surface area contributed by atoms with Gasteiger partial charge in [-0.15, -0.1) is 0 Å². The zero-order valence-electron chi connectivity index (χ0n) is 31.8. The van der Waals surface area contributed by atoms with Crippen molar-refractivity contribution in [3.8, 4) is 55.6 Å². The fraction of sp³-hybridized carbons (Fsp3) is 0.111. The molecule has 0 unspecified atom stereocenters. The van der Waals surface area contributed by atoms with E-state index in [1.165, 1.54) is 77.9 Å². The van der Waals surface area contributed by atoms with E-state index in [0.29, 0.717) is 0 Å². The Morgan fingerprint density at radius 2 is 0.800 bits per heavy atom. The molecule has 2 aliphatic rings. The third kappa shape index (κ3) is 5.29. The van der Waals surface area contributed by atoms with E-state index in [1.54, 1.807) is 0 Å². The van der Waals surface area contributed by atoms with Gasteiger partial charge in [-0.3, -0.25) is 0 Å². The molecular weight excluding hydrogens is 663 g/mol. The van der Waals surface area contributed by atoms with E-state index < -0.39 is 0 Å². The zero-order chi connectivity index (χ0) is 37.3. The van der Waals surface area contributed by atoms with Crippen LogP contribution < -0.4 is 4.90 Å². The number of fused-ring (bicyclic) bond motifs is 6. The fourth-order valence-corrected chi connectivity index (χ4v) is 9.37. The Morgan fingerprint density at radius 1 is 0.291 bits per heavy atom. The summed E-state index contributed by atoms with van der Waals surface area (Å²) < 4.78 is 0. The predicted molar refractivity (Wildman–Crippen MR) is 233 cm³/mol. The van der Waals surface area contributed by atoms with Crippen molar-refractivity contribution >= 4 is 17.1 Å². The van der Waals surface area contributed by atoms with Crippen LogP contribution >= 0.6 is 0 Å². The summed E-state index contributed by atoms with van der Waals surface area (Å²) in [5, 5.41) is 0. The number of anilines is 3. The Balaban J connectivity index is 1.16. The van der Waals surface area contributed by atoms with Crippen LogP contribution in [0, 0.1) is 0 Å². The number of nitrogens with zero attached hydrogens (tertiary/aromatic N) is 1. The molecule has 0 aliphatic heterocycles. The monoisotopic (exact) mass is 705 g/mol. The van der Waals surface area contributed by atoms with Gasteiger partial charge in [-0.05, 0) is 120 Å². The fourth-order valence-electron chi connectivity index (χ4n) is 9.37. The molecule has 264 valence electrons. The van der Waals surface area contributed by atoms with Crippen molar-refractivity contribution < 1.29 is 0 Å². The first-order valence-electron chi connectivity index (χ1n) is 19.4. The molecular formula is C54H43N. The van der Waals surface area contributed by atoms with Crippen LogP contribution in [0.2, 0.25) is 0 Å². The molecule has 0 saturated heterocycles. The van der Waals surface area contributed by atoms with E-state index in [2.05, 4.69) is 221 Å². The molecule has 8 aromatic rings. The third-order valence-electron chi connectivity index (χ3n) is 12.3. The molecule has 55 heavy (non-hydrogen) atoms. The van der Waals surface area contributed by atoms with Crippen molar-refractivity contribution in [3.63, 3.8) is 0 Å². The molecule has 0 saturated carbocycles.